The molecule has 0 saturated carbocycles. The van der Waals surface area contributed by atoms with E-state index in [0.717, 1.165) is 23.7 Å². The first kappa shape index (κ1) is 15.9. The molecule has 0 spiro atoms. The maximum absolute atomic E-state index is 10.0. The molecule has 5 heteroatoms. The summed E-state index contributed by atoms with van der Waals surface area (Å²) in [5.74, 6) is 0.678. The second-order valence-electron chi connectivity index (χ2n) is 4.85. The van der Waals surface area contributed by atoms with Crippen molar-refractivity contribution >= 4 is 11.8 Å². The van der Waals surface area contributed by atoms with Crippen LogP contribution in [0.2, 0.25) is 0 Å². The molecule has 0 fully saturated rings. The van der Waals surface area contributed by atoms with E-state index in [9.17, 15) is 5.11 Å². The van der Waals surface area contributed by atoms with Gasteiger partial charge >= 0.3 is 0 Å². The van der Waals surface area contributed by atoms with Gasteiger partial charge in [-0.15, -0.1) is 0 Å². The Morgan fingerprint density at radius 3 is 2.48 bits per heavy atom. The summed E-state index contributed by atoms with van der Waals surface area (Å²) < 4.78 is 0. The van der Waals surface area contributed by atoms with Crippen LogP contribution in [0.1, 0.15) is 18.9 Å². The van der Waals surface area contributed by atoms with Crippen molar-refractivity contribution in [1.82, 2.24) is 15.3 Å². The van der Waals surface area contributed by atoms with E-state index in [1.165, 1.54) is 0 Å². The zero-order valence-electron chi connectivity index (χ0n) is 12.2. The van der Waals surface area contributed by atoms with Crippen molar-refractivity contribution in [2.24, 2.45) is 0 Å². The quantitative estimate of drug-likeness (QED) is 0.579. The highest BCUT2D eigenvalue weighted by atomic mass is 32.2. The zero-order valence-corrected chi connectivity index (χ0v) is 13.0. The van der Waals surface area contributed by atoms with Gasteiger partial charge in [-0.1, -0.05) is 49.0 Å². The van der Waals surface area contributed by atoms with Gasteiger partial charge < -0.3 is 10.4 Å². The van der Waals surface area contributed by atoms with Crippen LogP contribution < -0.4 is 5.32 Å². The number of nitrogens with zero attached hydrogens (tertiary/aromatic N) is 2. The molecule has 112 valence electrons. The first-order valence-electron chi connectivity index (χ1n) is 7.12. The van der Waals surface area contributed by atoms with Gasteiger partial charge in [-0.3, -0.25) is 0 Å². The lowest BCUT2D eigenvalue weighted by Crippen LogP contribution is -2.48. The predicted octanol–water partition coefficient (Wildman–Crippen LogP) is 2.46. The highest BCUT2D eigenvalue weighted by molar-refractivity contribution is 7.99. The predicted molar refractivity (Wildman–Crippen MR) is 86.3 cm³/mol. The van der Waals surface area contributed by atoms with Gasteiger partial charge in [-0.05, 0) is 24.6 Å². The molecule has 0 aliphatic heterocycles. The number of hydrogen-bond acceptors (Lipinski definition) is 5. The van der Waals surface area contributed by atoms with Crippen LogP contribution in [-0.4, -0.2) is 34.0 Å². The van der Waals surface area contributed by atoms with Crippen molar-refractivity contribution in [3.8, 4) is 0 Å². The van der Waals surface area contributed by atoms with E-state index in [0.29, 0.717) is 5.75 Å². The van der Waals surface area contributed by atoms with E-state index in [4.69, 9.17) is 0 Å². The van der Waals surface area contributed by atoms with Gasteiger partial charge in [0.05, 0.1) is 12.1 Å². The van der Waals surface area contributed by atoms with E-state index in [-0.39, 0.29) is 6.61 Å². The summed E-state index contributed by atoms with van der Waals surface area (Å²) in [6.07, 6.45) is 4.48. The lowest BCUT2D eigenvalue weighted by Gasteiger charge is -2.33. The van der Waals surface area contributed by atoms with Gasteiger partial charge in [0, 0.05) is 18.1 Å². The Morgan fingerprint density at radius 2 is 1.86 bits per heavy atom. The smallest absolute Gasteiger partial charge is 0.187 e. The molecule has 2 rings (SSSR count). The molecule has 0 saturated heterocycles. The topological polar surface area (TPSA) is 58.0 Å². The minimum Gasteiger partial charge on any atom is -0.394 e. The normalized spacial score (nSPS) is 13.8. The van der Waals surface area contributed by atoms with Crippen LogP contribution >= 0.6 is 11.8 Å². The maximum Gasteiger partial charge on any atom is 0.187 e. The minimum atomic E-state index is -0.471. The van der Waals surface area contributed by atoms with Crippen LogP contribution in [0.3, 0.4) is 0 Å². The van der Waals surface area contributed by atoms with Crippen molar-refractivity contribution in [3.63, 3.8) is 0 Å². The Kier molecular flexibility index (Phi) is 6.17. The Labute approximate surface area is 130 Å². The molecule has 1 unspecified atom stereocenters. The third-order valence-corrected chi connectivity index (χ3v) is 4.41. The first-order valence-corrected chi connectivity index (χ1v) is 8.10. The number of nitrogens with one attached hydrogen (secondary N) is 1. The number of hydrogen-bond donors (Lipinski definition) is 2. The van der Waals surface area contributed by atoms with Crippen molar-refractivity contribution < 1.29 is 5.11 Å². The largest absolute Gasteiger partial charge is 0.394 e. The van der Waals surface area contributed by atoms with Crippen molar-refractivity contribution in [2.75, 3.05) is 18.9 Å². The SMILES string of the molecule is CCCNC(CO)(CSc1ncccn1)c1ccccc1. The second kappa shape index (κ2) is 8.12. The van der Waals surface area contributed by atoms with Crippen molar-refractivity contribution in [1.29, 1.82) is 0 Å². The van der Waals surface area contributed by atoms with E-state index in [1.54, 1.807) is 30.2 Å². The number of benzene rings is 1. The highest BCUT2D eigenvalue weighted by Crippen LogP contribution is 2.28. The van der Waals surface area contributed by atoms with Crippen LogP contribution in [-0.2, 0) is 5.54 Å². The second-order valence-corrected chi connectivity index (χ2v) is 5.80. The zero-order chi connectivity index (χ0) is 15.0. The summed E-state index contributed by atoms with van der Waals surface area (Å²) >= 11 is 1.55. The van der Waals surface area contributed by atoms with Crippen LogP contribution in [0.5, 0.6) is 0 Å². The molecule has 0 aliphatic rings. The molecule has 0 radical (unpaired) electrons. The van der Waals surface area contributed by atoms with Gasteiger partial charge in [-0.25, -0.2) is 9.97 Å². The molecule has 2 N–H and O–H groups in total. The average Bonchev–Trinajstić information content (AvgIpc) is 2.57. The average molecular weight is 303 g/mol. The molecule has 1 atom stereocenters. The fourth-order valence-corrected chi connectivity index (χ4v) is 3.10. The van der Waals surface area contributed by atoms with Crippen LogP contribution in [0.15, 0.2) is 53.9 Å². The molecule has 2 aromatic rings. The molecule has 1 heterocycles. The lowest BCUT2D eigenvalue weighted by atomic mass is 9.92. The van der Waals surface area contributed by atoms with Gasteiger partial charge in [0.1, 0.15) is 0 Å². The van der Waals surface area contributed by atoms with Gasteiger partial charge in [0.25, 0.3) is 0 Å². The first-order chi connectivity index (χ1) is 10.3. The van der Waals surface area contributed by atoms with Gasteiger partial charge in [0.2, 0.25) is 0 Å². The van der Waals surface area contributed by atoms with Crippen molar-refractivity contribution in [2.45, 2.75) is 24.0 Å². The molecule has 21 heavy (non-hydrogen) atoms. The summed E-state index contributed by atoms with van der Waals surface area (Å²) in [6.45, 7) is 3.01. The molecule has 0 aliphatic carbocycles. The number of thioether (sulfide) groups is 1. The number of aromatic nitrogens is 2. The van der Waals surface area contributed by atoms with E-state index >= 15 is 0 Å². The van der Waals surface area contributed by atoms with E-state index in [1.807, 2.05) is 30.3 Å². The van der Waals surface area contributed by atoms with Crippen LogP contribution in [0.25, 0.3) is 0 Å². The van der Waals surface area contributed by atoms with Gasteiger partial charge in [0.15, 0.2) is 5.16 Å². The minimum absolute atomic E-state index is 0.0385. The molecule has 4 nitrogen and oxygen atoms in total. The molecular formula is C16H21N3OS. The summed E-state index contributed by atoms with van der Waals surface area (Å²) in [5, 5.41) is 14.2. The third kappa shape index (κ3) is 4.27. The Balaban J connectivity index is 2.18. The maximum atomic E-state index is 10.0. The summed E-state index contributed by atoms with van der Waals surface area (Å²) in [7, 11) is 0. The number of aliphatic hydroxyl groups is 1. The third-order valence-electron chi connectivity index (χ3n) is 3.30. The monoisotopic (exact) mass is 303 g/mol. The molecule has 1 aromatic carbocycles. The van der Waals surface area contributed by atoms with Crippen LogP contribution in [0.4, 0.5) is 0 Å². The fraction of sp³-hybridized carbons (Fsp3) is 0.375. The Hall–Kier alpha value is -1.43. The molecule has 0 bridgehead atoms. The molecular weight excluding hydrogens is 282 g/mol. The Bertz CT molecular complexity index is 524. The molecule has 1 aromatic heterocycles. The summed E-state index contributed by atoms with van der Waals surface area (Å²) in [5.41, 5.74) is 0.616. The number of rotatable bonds is 8. The van der Waals surface area contributed by atoms with Crippen molar-refractivity contribution in [3.05, 3.63) is 54.4 Å². The summed E-state index contributed by atoms with van der Waals surface area (Å²) in [4.78, 5) is 8.46. The fourth-order valence-electron chi connectivity index (χ4n) is 2.10. The van der Waals surface area contributed by atoms with Crippen LogP contribution in [0, 0.1) is 0 Å². The van der Waals surface area contributed by atoms with E-state index < -0.39 is 5.54 Å². The van der Waals surface area contributed by atoms with Gasteiger partial charge in [-0.2, -0.15) is 0 Å². The number of aliphatic hydroxyl groups excluding tert-OH is 1. The summed E-state index contributed by atoms with van der Waals surface area (Å²) in [6, 6.07) is 11.9. The lowest BCUT2D eigenvalue weighted by molar-refractivity contribution is 0.179. The standard InChI is InChI=1S/C16H21N3OS/c1-2-9-19-16(12-20,14-7-4-3-5-8-14)13-21-15-17-10-6-11-18-15/h3-8,10-11,19-20H,2,9,12-13H2,1H3. The Morgan fingerprint density at radius 1 is 1.14 bits per heavy atom. The van der Waals surface area contributed by atoms with E-state index in [2.05, 4.69) is 22.2 Å². The highest BCUT2D eigenvalue weighted by Gasteiger charge is 2.31. The molecule has 0 amide bonds.